The van der Waals surface area contributed by atoms with Gasteiger partial charge in [-0.05, 0) is 23.8 Å². The van der Waals surface area contributed by atoms with Crippen molar-refractivity contribution in [3.05, 3.63) is 41.3 Å². The molecule has 1 aliphatic heterocycles. The van der Waals surface area contributed by atoms with E-state index in [0.29, 0.717) is 27.3 Å². The second-order valence-corrected chi connectivity index (χ2v) is 5.58. The Bertz CT molecular complexity index is 596. The van der Waals surface area contributed by atoms with E-state index in [2.05, 4.69) is 11.9 Å². The van der Waals surface area contributed by atoms with Crippen molar-refractivity contribution in [3.8, 4) is 11.5 Å². The van der Waals surface area contributed by atoms with Crippen molar-refractivity contribution in [2.24, 2.45) is 0 Å². The van der Waals surface area contributed by atoms with Crippen LogP contribution in [0.4, 0.5) is 0 Å². The molecule has 1 amide bonds. The van der Waals surface area contributed by atoms with Gasteiger partial charge in [-0.2, -0.15) is 0 Å². The van der Waals surface area contributed by atoms with Gasteiger partial charge >= 0.3 is 0 Å². The number of amides is 1. The number of benzene rings is 1. The lowest BCUT2D eigenvalue weighted by molar-refractivity contribution is -0.115. The number of ether oxygens (including phenoxy) is 2. The number of methoxy groups -OCH3 is 1. The highest BCUT2D eigenvalue weighted by Gasteiger charge is 2.22. The molecule has 4 nitrogen and oxygen atoms in total. The minimum atomic E-state index is -0.175. The Morgan fingerprint density at radius 3 is 2.85 bits per heavy atom. The average Bonchev–Trinajstić information content (AvgIpc) is 2.75. The summed E-state index contributed by atoms with van der Waals surface area (Å²) in [7, 11) is 1.57. The first-order valence-electron chi connectivity index (χ1n) is 5.80. The maximum absolute atomic E-state index is 11.6. The van der Waals surface area contributed by atoms with Crippen molar-refractivity contribution < 1.29 is 14.3 Å². The van der Waals surface area contributed by atoms with Gasteiger partial charge in [-0.25, -0.2) is 0 Å². The van der Waals surface area contributed by atoms with Gasteiger partial charge in [0.05, 0.1) is 12.0 Å². The van der Waals surface area contributed by atoms with Crippen LogP contribution in [0.5, 0.6) is 11.5 Å². The summed E-state index contributed by atoms with van der Waals surface area (Å²) in [6.07, 6.45) is 3.43. The molecule has 2 rings (SSSR count). The van der Waals surface area contributed by atoms with E-state index in [1.807, 2.05) is 6.07 Å². The van der Waals surface area contributed by atoms with Crippen LogP contribution in [-0.4, -0.2) is 23.9 Å². The van der Waals surface area contributed by atoms with Gasteiger partial charge in [0.25, 0.3) is 5.91 Å². The van der Waals surface area contributed by atoms with Crippen molar-refractivity contribution >= 4 is 40.3 Å². The zero-order valence-electron chi connectivity index (χ0n) is 10.8. The summed E-state index contributed by atoms with van der Waals surface area (Å²) in [5.41, 5.74) is 0.843. The van der Waals surface area contributed by atoms with Crippen LogP contribution in [0.15, 0.2) is 35.8 Å². The molecule has 1 aromatic rings. The van der Waals surface area contributed by atoms with E-state index in [9.17, 15) is 4.79 Å². The maximum Gasteiger partial charge on any atom is 0.263 e. The molecular weight excluding hydrogens is 294 g/mol. The molecule has 1 aliphatic rings. The van der Waals surface area contributed by atoms with E-state index in [-0.39, 0.29) is 5.91 Å². The second-order valence-electron chi connectivity index (χ2n) is 3.86. The molecule has 0 spiro atoms. The Morgan fingerprint density at radius 1 is 1.45 bits per heavy atom. The zero-order valence-corrected chi connectivity index (χ0v) is 12.5. The molecule has 20 heavy (non-hydrogen) atoms. The largest absolute Gasteiger partial charge is 0.493 e. The summed E-state index contributed by atoms with van der Waals surface area (Å²) in [5.74, 6) is 1.06. The molecule has 1 saturated heterocycles. The number of thiocarbonyl (C=S) groups is 1. The van der Waals surface area contributed by atoms with Gasteiger partial charge in [0.15, 0.2) is 11.5 Å². The lowest BCUT2D eigenvalue weighted by Gasteiger charge is -2.09. The minimum Gasteiger partial charge on any atom is -0.493 e. The quantitative estimate of drug-likeness (QED) is 0.515. The lowest BCUT2D eigenvalue weighted by Crippen LogP contribution is -2.17. The topological polar surface area (TPSA) is 47.6 Å². The van der Waals surface area contributed by atoms with E-state index >= 15 is 0 Å². The van der Waals surface area contributed by atoms with Gasteiger partial charge in [0.1, 0.15) is 10.9 Å². The van der Waals surface area contributed by atoms with Crippen LogP contribution in [0.3, 0.4) is 0 Å². The minimum absolute atomic E-state index is 0.175. The number of rotatable bonds is 5. The number of carbonyl (C=O) groups is 1. The molecule has 0 atom stereocenters. The van der Waals surface area contributed by atoms with Crippen LogP contribution in [-0.2, 0) is 4.79 Å². The van der Waals surface area contributed by atoms with E-state index in [1.54, 1.807) is 31.4 Å². The smallest absolute Gasteiger partial charge is 0.263 e. The number of nitrogens with one attached hydrogen (secondary N) is 1. The van der Waals surface area contributed by atoms with Crippen molar-refractivity contribution in [1.29, 1.82) is 0 Å². The first-order chi connectivity index (χ1) is 9.63. The van der Waals surface area contributed by atoms with Gasteiger partial charge < -0.3 is 14.8 Å². The van der Waals surface area contributed by atoms with Crippen LogP contribution < -0.4 is 14.8 Å². The fourth-order valence-corrected chi connectivity index (χ4v) is 2.66. The summed E-state index contributed by atoms with van der Waals surface area (Å²) in [6.45, 7) is 4.00. The van der Waals surface area contributed by atoms with E-state index in [1.165, 1.54) is 11.8 Å². The first kappa shape index (κ1) is 14.6. The van der Waals surface area contributed by atoms with Crippen LogP contribution in [0.2, 0.25) is 0 Å². The van der Waals surface area contributed by atoms with Crippen LogP contribution >= 0.6 is 24.0 Å². The van der Waals surface area contributed by atoms with Crippen LogP contribution in [0.1, 0.15) is 5.56 Å². The summed E-state index contributed by atoms with van der Waals surface area (Å²) < 4.78 is 11.2. The number of hydrogen-bond donors (Lipinski definition) is 1. The van der Waals surface area contributed by atoms with E-state index in [4.69, 9.17) is 21.7 Å². The highest BCUT2D eigenvalue weighted by Crippen LogP contribution is 2.31. The summed E-state index contributed by atoms with van der Waals surface area (Å²) >= 11 is 6.19. The molecule has 1 fully saturated rings. The molecule has 0 bridgehead atoms. The number of thioether (sulfide) groups is 1. The molecule has 0 radical (unpaired) electrons. The summed E-state index contributed by atoms with van der Waals surface area (Å²) in [6, 6.07) is 5.45. The Labute approximate surface area is 126 Å². The number of carbonyl (C=O) groups excluding carboxylic acids is 1. The van der Waals surface area contributed by atoms with Crippen molar-refractivity contribution in [3.63, 3.8) is 0 Å². The first-order valence-corrected chi connectivity index (χ1v) is 7.03. The third-order valence-corrected chi connectivity index (χ3v) is 3.65. The van der Waals surface area contributed by atoms with Crippen molar-refractivity contribution in [2.75, 3.05) is 13.7 Å². The fourth-order valence-electron chi connectivity index (χ4n) is 1.61. The lowest BCUT2D eigenvalue weighted by atomic mass is 10.2. The average molecular weight is 307 g/mol. The van der Waals surface area contributed by atoms with Gasteiger partial charge in [-0.1, -0.05) is 42.7 Å². The Morgan fingerprint density at radius 2 is 2.25 bits per heavy atom. The predicted octanol–water partition coefficient (Wildman–Crippen LogP) is 2.75. The van der Waals surface area contributed by atoms with E-state index in [0.717, 1.165) is 5.56 Å². The standard InChI is InChI=1S/C14H13NO3S2/c1-3-6-18-10-5-4-9(7-11(10)17-2)8-12-13(16)15-14(19)20-12/h3-5,7-8H,1,6H2,2H3,(H,15,16,19)/b12-8-. The summed E-state index contributed by atoms with van der Waals surface area (Å²) in [5, 5.41) is 2.58. The molecule has 6 heteroatoms. The predicted molar refractivity (Wildman–Crippen MR) is 85.0 cm³/mol. The Hall–Kier alpha value is -1.79. The molecule has 1 aromatic carbocycles. The molecule has 0 unspecified atom stereocenters. The highest BCUT2D eigenvalue weighted by atomic mass is 32.2. The molecule has 0 aromatic heterocycles. The van der Waals surface area contributed by atoms with Gasteiger partial charge in [0.2, 0.25) is 0 Å². The molecule has 0 saturated carbocycles. The normalized spacial score (nSPS) is 16.1. The molecule has 104 valence electrons. The van der Waals surface area contributed by atoms with Crippen LogP contribution in [0.25, 0.3) is 6.08 Å². The second kappa shape index (κ2) is 6.58. The molecular formula is C14H13NO3S2. The monoisotopic (exact) mass is 307 g/mol. The highest BCUT2D eigenvalue weighted by molar-refractivity contribution is 8.26. The van der Waals surface area contributed by atoms with Gasteiger partial charge in [0, 0.05) is 0 Å². The van der Waals surface area contributed by atoms with Crippen molar-refractivity contribution in [2.45, 2.75) is 0 Å². The van der Waals surface area contributed by atoms with Gasteiger partial charge in [-0.3, -0.25) is 4.79 Å². The summed E-state index contributed by atoms with van der Waals surface area (Å²) in [4.78, 5) is 12.2. The number of hydrogen-bond acceptors (Lipinski definition) is 5. The molecule has 0 aliphatic carbocycles. The maximum atomic E-state index is 11.6. The fraction of sp³-hybridized carbons (Fsp3) is 0.143. The SMILES string of the molecule is C=CCOc1ccc(/C=C2\SC(=S)NC2=O)cc1OC. The molecule has 1 N–H and O–H groups in total. The van der Waals surface area contributed by atoms with Crippen molar-refractivity contribution in [1.82, 2.24) is 5.32 Å². The van der Waals surface area contributed by atoms with Crippen LogP contribution in [0, 0.1) is 0 Å². The van der Waals surface area contributed by atoms with E-state index < -0.39 is 0 Å². The third-order valence-electron chi connectivity index (χ3n) is 2.48. The molecule has 1 heterocycles. The Kier molecular flexibility index (Phi) is 4.81. The third kappa shape index (κ3) is 3.40. The Balaban J connectivity index is 2.25. The zero-order chi connectivity index (χ0) is 14.5. The van der Waals surface area contributed by atoms with Gasteiger partial charge in [-0.15, -0.1) is 0 Å².